The quantitative estimate of drug-likeness (QED) is 0.858. The predicted octanol–water partition coefficient (Wildman–Crippen LogP) is 3.97. The first kappa shape index (κ1) is 14.1. The Morgan fingerprint density at radius 1 is 1.00 bits per heavy atom. The molecule has 0 saturated carbocycles. The lowest BCUT2D eigenvalue weighted by Gasteiger charge is -2.06. The van der Waals surface area contributed by atoms with Gasteiger partial charge < -0.3 is 0 Å². The fourth-order valence-corrected chi connectivity index (χ4v) is 2.85. The van der Waals surface area contributed by atoms with Crippen molar-refractivity contribution in [2.24, 2.45) is 0 Å². The van der Waals surface area contributed by atoms with E-state index in [1.165, 1.54) is 6.26 Å². The van der Waals surface area contributed by atoms with Gasteiger partial charge in [0.15, 0.2) is 9.84 Å². The van der Waals surface area contributed by atoms with Gasteiger partial charge in [0.25, 0.3) is 0 Å². The highest BCUT2D eigenvalue weighted by molar-refractivity contribution is 7.90. The van der Waals surface area contributed by atoms with Crippen LogP contribution in [0.2, 0.25) is 5.02 Å². The average molecular weight is 295 g/mol. The van der Waals surface area contributed by atoms with E-state index in [1.807, 2.05) is 18.2 Å². The lowest BCUT2D eigenvalue weighted by Crippen LogP contribution is -1.96. The Morgan fingerprint density at radius 2 is 1.58 bits per heavy atom. The SMILES string of the molecule is CCc1ccc(-c2ccc(S(C)(=O)=O)cc2)cc1Cl. The third kappa shape index (κ3) is 3.17. The average Bonchev–Trinajstić information content (AvgIpc) is 2.38. The Morgan fingerprint density at radius 3 is 2.05 bits per heavy atom. The molecule has 2 nitrogen and oxygen atoms in total. The monoisotopic (exact) mass is 294 g/mol. The zero-order valence-electron chi connectivity index (χ0n) is 10.9. The van der Waals surface area contributed by atoms with Crippen LogP contribution in [0.5, 0.6) is 0 Å². The molecule has 0 radical (unpaired) electrons. The lowest BCUT2D eigenvalue weighted by atomic mass is 10.0. The number of sulfone groups is 1. The van der Waals surface area contributed by atoms with Gasteiger partial charge in [0.1, 0.15) is 0 Å². The molecule has 0 saturated heterocycles. The van der Waals surface area contributed by atoms with Crippen molar-refractivity contribution in [3.05, 3.63) is 53.1 Å². The molecule has 19 heavy (non-hydrogen) atoms. The number of hydrogen-bond donors (Lipinski definition) is 0. The van der Waals surface area contributed by atoms with Gasteiger partial charge in [-0.25, -0.2) is 8.42 Å². The van der Waals surface area contributed by atoms with Gasteiger partial charge in [-0.05, 0) is 41.3 Å². The fourth-order valence-electron chi connectivity index (χ4n) is 1.91. The molecule has 0 fully saturated rings. The zero-order valence-corrected chi connectivity index (χ0v) is 12.4. The smallest absolute Gasteiger partial charge is 0.175 e. The molecule has 0 unspecified atom stereocenters. The van der Waals surface area contributed by atoms with Crippen molar-refractivity contribution >= 4 is 21.4 Å². The molecule has 2 aromatic rings. The Bertz CT molecular complexity index is 689. The Labute approximate surface area is 119 Å². The highest BCUT2D eigenvalue weighted by Crippen LogP contribution is 2.26. The van der Waals surface area contributed by atoms with Gasteiger partial charge in [0.2, 0.25) is 0 Å². The van der Waals surface area contributed by atoms with E-state index in [2.05, 4.69) is 6.92 Å². The van der Waals surface area contributed by atoms with Gasteiger partial charge >= 0.3 is 0 Å². The van der Waals surface area contributed by atoms with Gasteiger partial charge in [0.05, 0.1) is 4.90 Å². The van der Waals surface area contributed by atoms with E-state index in [0.29, 0.717) is 4.90 Å². The van der Waals surface area contributed by atoms with Gasteiger partial charge in [-0.3, -0.25) is 0 Å². The highest BCUT2D eigenvalue weighted by Gasteiger charge is 2.07. The van der Waals surface area contributed by atoms with Crippen LogP contribution in [0.25, 0.3) is 11.1 Å². The summed E-state index contributed by atoms with van der Waals surface area (Å²) in [6.45, 7) is 2.06. The summed E-state index contributed by atoms with van der Waals surface area (Å²) < 4.78 is 22.8. The van der Waals surface area contributed by atoms with Crippen LogP contribution >= 0.6 is 11.6 Å². The first-order valence-corrected chi connectivity index (χ1v) is 8.27. The van der Waals surface area contributed by atoms with E-state index in [1.54, 1.807) is 24.3 Å². The van der Waals surface area contributed by atoms with Crippen molar-refractivity contribution in [2.75, 3.05) is 6.26 Å². The Hall–Kier alpha value is -1.32. The molecule has 2 rings (SSSR count). The van der Waals surface area contributed by atoms with Crippen LogP contribution in [0.3, 0.4) is 0 Å². The van der Waals surface area contributed by atoms with Crippen molar-refractivity contribution in [3.63, 3.8) is 0 Å². The molecule has 0 heterocycles. The summed E-state index contributed by atoms with van der Waals surface area (Å²) in [7, 11) is -3.15. The predicted molar refractivity (Wildman–Crippen MR) is 79.4 cm³/mol. The summed E-state index contributed by atoms with van der Waals surface area (Å²) in [5.41, 5.74) is 3.05. The molecule has 4 heteroatoms. The molecule has 0 N–H and O–H groups in total. The summed E-state index contributed by atoms with van der Waals surface area (Å²) in [4.78, 5) is 0.326. The van der Waals surface area contributed by atoms with Crippen molar-refractivity contribution in [3.8, 4) is 11.1 Å². The summed E-state index contributed by atoms with van der Waals surface area (Å²) >= 11 is 6.19. The van der Waals surface area contributed by atoms with Crippen LogP contribution in [-0.2, 0) is 16.3 Å². The highest BCUT2D eigenvalue weighted by atomic mass is 35.5. The number of aryl methyl sites for hydroxylation is 1. The number of rotatable bonds is 3. The summed E-state index contributed by atoms with van der Waals surface area (Å²) in [6, 6.07) is 12.7. The van der Waals surface area contributed by atoms with Crippen molar-refractivity contribution in [1.82, 2.24) is 0 Å². The third-order valence-electron chi connectivity index (χ3n) is 3.05. The van der Waals surface area contributed by atoms with Gasteiger partial charge in [0, 0.05) is 11.3 Å². The van der Waals surface area contributed by atoms with Crippen LogP contribution < -0.4 is 0 Å². The molecule has 100 valence electrons. The molecular formula is C15H15ClO2S. The van der Waals surface area contributed by atoms with Crippen LogP contribution in [-0.4, -0.2) is 14.7 Å². The molecule has 0 atom stereocenters. The first-order chi connectivity index (χ1) is 8.91. The number of hydrogen-bond acceptors (Lipinski definition) is 2. The normalized spacial score (nSPS) is 11.5. The molecule has 0 aliphatic rings. The van der Waals surface area contributed by atoms with Gasteiger partial charge in [-0.15, -0.1) is 0 Å². The summed E-state index contributed by atoms with van der Waals surface area (Å²) in [5, 5.41) is 0.743. The molecule has 0 amide bonds. The van der Waals surface area contributed by atoms with Gasteiger partial charge in [-0.2, -0.15) is 0 Å². The zero-order chi connectivity index (χ0) is 14.0. The molecule has 0 bridgehead atoms. The maximum atomic E-state index is 11.4. The largest absolute Gasteiger partial charge is 0.224 e. The second-order valence-corrected chi connectivity index (χ2v) is 6.88. The van der Waals surface area contributed by atoms with Crippen LogP contribution in [0.15, 0.2) is 47.4 Å². The first-order valence-electron chi connectivity index (χ1n) is 6.00. The van der Waals surface area contributed by atoms with Crippen LogP contribution in [0, 0.1) is 0 Å². The van der Waals surface area contributed by atoms with E-state index >= 15 is 0 Å². The minimum atomic E-state index is -3.15. The van der Waals surface area contributed by atoms with E-state index in [-0.39, 0.29) is 0 Å². The van der Waals surface area contributed by atoms with E-state index in [4.69, 9.17) is 11.6 Å². The van der Waals surface area contributed by atoms with Crippen LogP contribution in [0.1, 0.15) is 12.5 Å². The van der Waals surface area contributed by atoms with Crippen molar-refractivity contribution in [2.45, 2.75) is 18.2 Å². The van der Waals surface area contributed by atoms with Crippen molar-refractivity contribution < 1.29 is 8.42 Å². The van der Waals surface area contributed by atoms with E-state index < -0.39 is 9.84 Å². The second kappa shape index (κ2) is 5.35. The number of halogens is 1. The van der Waals surface area contributed by atoms with Crippen LogP contribution in [0.4, 0.5) is 0 Å². The number of benzene rings is 2. The minimum Gasteiger partial charge on any atom is -0.224 e. The van der Waals surface area contributed by atoms with Crippen molar-refractivity contribution in [1.29, 1.82) is 0 Å². The minimum absolute atomic E-state index is 0.326. The summed E-state index contributed by atoms with van der Waals surface area (Å²) in [5.74, 6) is 0. The maximum absolute atomic E-state index is 11.4. The fraction of sp³-hybridized carbons (Fsp3) is 0.200. The topological polar surface area (TPSA) is 34.1 Å². The third-order valence-corrected chi connectivity index (χ3v) is 4.53. The standard InChI is InChI=1S/C15H15ClO2S/c1-3-11-4-5-13(10-15(11)16)12-6-8-14(9-7-12)19(2,17)18/h4-10H,3H2,1-2H3. The molecular weight excluding hydrogens is 280 g/mol. The Balaban J connectivity index is 2.40. The molecule has 0 aromatic heterocycles. The molecule has 2 aromatic carbocycles. The summed E-state index contributed by atoms with van der Waals surface area (Å²) in [6.07, 6.45) is 2.10. The van der Waals surface area contributed by atoms with Gasteiger partial charge in [-0.1, -0.05) is 42.8 Å². The van der Waals surface area contributed by atoms with E-state index in [9.17, 15) is 8.42 Å². The second-order valence-electron chi connectivity index (χ2n) is 4.46. The maximum Gasteiger partial charge on any atom is 0.175 e. The Kier molecular flexibility index (Phi) is 3.97. The van der Waals surface area contributed by atoms with E-state index in [0.717, 1.165) is 28.1 Å². The lowest BCUT2D eigenvalue weighted by molar-refractivity contribution is 0.602. The molecule has 0 spiro atoms. The molecule has 0 aliphatic heterocycles. The molecule has 0 aliphatic carbocycles.